The number of anilines is 1. The lowest BCUT2D eigenvalue weighted by Crippen LogP contribution is -2.36. The van der Waals surface area contributed by atoms with Crippen molar-refractivity contribution in [3.63, 3.8) is 0 Å². The molecule has 2 heterocycles. The third-order valence-corrected chi connectivity index (χ3v) is 5.76. The van der Waals surface area contributed by atoms with E-state index >= 15 is 0 Å². The van der Waals surface area contributed by atoms with Crippen LogP contribution in [0.1, 0.15) is 49.6 Å². The van der Waals surface area contributed by atoms with E-state index in [4.69, 9.17) is 16.3 Å². The van der Waals surface area contributed by atoms with Gasteiger partial charge in [0.05, 0.1) is 24.9 Å². The molecule has 6 nitrogen and oxygen atoms in total. The summed E-state index contributed by atoms with van der Waals surface area (Å²) in [5.74, 6) is -0.156. The van der Waals surface area contributed by atoms with Gasteiger partial charge in [0.15, 0.2) is 0 Å². The minimum atomic E-state index is -0.156. The maximum absolute atomic E-state index is 12.4. The number of ether oxygens (including phenoxy) is 1. The Kier molecular flexibility index (Phi) is 7.94. The molecule has 1 aromatic carbocycles. The van der Waals surface area contributed by atoms with Crippen molar-refractivity contribution in [2.75, 3.05) is 31.2 Å². The number of amides is 1. The fraction of sp³-hybridized carbons (Fsp3) is 0.478. The van der Waals surface area contributed by atoms with Crippen molar-refractivity contribution in [3.8, 4) is 0 Å². The average molecular weight is 431 g/mol. The Morgan fingerprint density at radius 1 is 1.30 bits per heavy atom. The van der Waals surface area contributed by atoms with Gasteiger partial charge in [-0.05, 0) is 44.0 Å². The Morgan fingerprint density at radius 3 is 2.67 bits per heavy atom. The van der Waals surface area contributed by atoms with Gasteiger partial charge in [-0.2, -0.15) is 5.10 Å². The van der Waals surface area contributed by atoms with Gasteiger partial charge >= 0.3 is 0 Å². The van der Waals surface area contributed by atoms with E-state index in [2.05, 4.69) is 46.5 Å². The summed E-state index contributed by atoms with van der Waals surface area (Å²) >= 11 is 6.43. The van der Waals surface area contributed by atoms with Gasteiger partial charge in [-0.15, -0.1) is 0 Å². The number of aryl methyl sites for hydroxylation is 2. The smallest absolute Gasteiger partial charge is 0.244 e. The molecule has 3 rings (SSSR count). The highest BCUT2D eigenvalue weighted by atomic mass is 35.5. The monoisotopic (exact) mass is 430 g/mol. The van der Waals surface area contributed by atoms with Crippen molar-refractivity contribution in [1.29, 1.82) is 0 Å². The van der Waals surface area contributed by atoms with Gasteiger partial charge in [-0.25, -0.2) is 0 Å². The number of hydrogen-bond donors (Lipinski definition) is 1. The van der Waals surface area contributed by atoms with Crippen molar-refractivity contribution >= 4 is 29.3 Å². The van der Waals surface area contributed by atoms with Crippen LogP contribution in [0.25, 0.3) is 6.08 Å². The van der Waals surface area contributed by atoms with Gasteiger partial charge in [-0.3, -0.25) is 9.48 Å². The summed E-state index contributed by atoms with van der Waals surface area (Å²) < 4.78 is 7.21. The normalized spacial score (nSPS) is 15.5. The molecule has 1 N–H and O–H groups in total. The van der Waals surface area contributed by atoms with Crippen LogP contribution in [0.15, 0.2) is 30.3 Å². The molecule has 2 aromatic rings. The molecule has 0 saturated carbocycles. The SMILES string of the molecule is CCCCn1nc(C)c(/C=C/C(=O)NC(C)c2ccc(N3CCOCC3)cc2)c1Cl. The van der Waals surface area contributed by atoms with Crippen LogP contribution in [0.5, 0.6) is 0 Å². The molecule has 162 valence electrons. The van der Waals surface area contributed by atoms with Gasteiger partial charge in [0.2, 0.25) is 5.91 Å². The van der Waals surface area contributed by atoms with Gasteiger partial charge in [0.1, 0.15) is 5.15 Å². The molecule has 0 radical (unpaired) electrons. The average Bonchev–Trinajstić information content (AvgIpc) is 3.04. The summed E-state index contributed by atoms with van der Waals surface area (Å²) in [4.78, 5) is 14.7. The molecule has 1 aliphatic rings. The van der Waals surface area contributed by atoms with Crippen LogP contribution in [0.2, 0.25) is 5.15 Å². The molecule has 0 bridgehead atoms. The molecule has 1 aromatic heterocycles. The van der Waals surface area contributed by atoms with Crippen molar-refractivity contribution in [2.24, 2.45) is 0 Å². The van der Waals surface area contributed by atoms with Crippen molar-refractivity contribution in [2.45, 2.75) is 46.2 Å². The predicted molar refractivity (Wildman–Crippen MR) is 122 cm³/mol. The number of benzene rings is 1. The Morgan fingerprint density at radius 2 is 2.00 bits per heavy atom. The number of nitrogens with zero attached hydrogens (tertiary/aromatic N) is 3. The second-order valence-corrected chi connectivity index (χ2v) is 7.98. The van der Waals surface area contributed by atoms with E-state index in [1.54, 1.807) is 10.8 Å². The number of hydrogen-bond acceptors (Lipinski definition) is 4. The molecule has 1 amide bonds. The Bertz CT molecular complexity index is 870. The first-order chi connectivity index (χ1) is 14.5. The second kappa shape index (κ2) is 10.6. The van der Waals surface area contributed by atoms with Crippen LogP contribution >= 0.6 is 11.6 Å². The summed E-state index contributed by atoms with van der Waals surface area (Å²) in [6.45, 7) is 10.2. The van der Waals surface area contributed by atoms with E-state index in [1.807, 2.05) is 13.8 Å². The largest absolute Gasteiger partial charge is 0.378 e. The highest BCUT2D eigenvalue weighted by Gasteiger charge is 2.14. The van der Waals surface area contributed by atoms with E-state index in [9.17, 15) is 4.79 Å². The molecule has 0 spiro atoms. The first-order valence-electron chi connectivity index (χ1n) is 10.6. The summed E-state index contributed by atoms with van der Waals surface area (Å²) in [5.41, 5.74) is 3.87. The number of unbranched alkanes of at least 4 members (excludes halogenated alkanes) is 1. The van der Waals surface area contributed by atoms with Gasteiger partial charge < -0.3 is 15.0 Å². The fourth-order valence-corrected chi connectivity index (χ4v) is 3.83. The maximum atomic E-state index is 12.4. The van der Waals surface area contributed by atoms with Gasteiger partial charge in [-0.1, -0.05) is 37.1 Å². The first kappa shape index (κ1) is 22.4. The minimum absolute atomic E-state index is 0.0928. The molecular formula is C23H31ClN4O2. The van der Waals surface area contributed by atoms with Crippen LogP contribution < -0.4 is 10.2 Å². The Balaban J connectivity index is 1.58. The van der Waals surface area contributed by atoms with E-state index in [-0.39, 0.29) is 11.9 Å². The van der Waals surface area contributed by atoms with Crippen molar-refractivity contribution < 1.29 is 9.53 Å². The zero-order valence-corrected chi connectivity index (χ0v) is 18.8. The molecule has 1 unspecified atom stereocenters. The summed E-state index contributed by atoms with van der Waals surface area (Å²) in [6, 6.07) is 8.25. The maximum Gasteiger partial charge on any atom is 0.244 e. The lowest BCUT2D eigenvalue weighted by Gasteiger charge is -2.29. The third kappa shape index (κ3) is 5.64. The topological polar surface area (TPSA) is 59.4 Å². The van der Waals surface area contributed by atoms with Crippen molar-refractivity contribution in [3.05, 3.63) is 52.3 Å². The van der Waals surface area contributed by atoms with Crippen LogP contribution in [0, 0.1) is 6.92 Å². The third-order valence-electron chi connectivity index (χ3n) is 5.36. The molecule has 1 saturated heterocycles. The summed E-state index contributed by atoms with van der Waals surface area (Å²) in [5, 5.41) is 8.07. The van der Waals surface area contributed by atoms with Crippen LogP contribution in [-0.2, 0) is 16.1 Å². The van der Waals surface area contributed by atoms with E-state index in [0.29, 0.717) is 5.15 Å². The number of halogens is 1. The second-order valence-electron chi connectivity index (χ2n) is 7.62. The van der Waals surface area contributed by atoms with Gasteiger partial charge in [0.25, 0.3) is 0 Å². The first-order valence-corrected chi connectivity index (χ1v) is 11.0. The van der Waals surface area contributed by atoms with E-state index < -0.39 is 0 Å². The molecular weight excluding hydrogens is 400 g/mol. The predicted octanol–water partition coefficient (Wildman–Crippen LogP) is 4.37. The summed E-state index contributed by atoms with van der Waals surface area (Å²) in [6.07, 6.45) is 5.37. The van der Waals surface area contributed by atoms with Crippen molar-refractivity contribution in [1.82, 2.24) is 15.1 Å². The number of morpholine rings is 1. The number of nitrogens with one attached hydrogen (secondary N) is 1. The summed E-state index contributed by atoms with van der Waals surface area (Å²) in [7, 11) is 0. The number of aromatic nitrogens is 2. The molecule has 7 heteroatoms. The van der Waals surface area contributed by atoms with Gasteiger partial charge in [0, 0.05) is 37.0 Å². The zero-order chi connectivity index (χ0) is 21.5. The highest BCUT2D eigenvalue weighted by molar-refractivity contribution is 6.31. The number of carbonyl (C=O) groups is 1. The molecule has 0 aliphatic carbocycles. The Labute approximate surface area is 183 Å². The van der Waals surface area contributed by atoms with Crippen LogP contribution in [-0.4, -0.2) is 42.0 Å². The lowest BCUT2D eigenvalue weighted by atomic mass is 10.1. The molecule has 1 atom stereocenters. The molecule has 1 fully saturated rings. The highest BCUT2D eigenvalue weighted by Crippen LogP contribution is 2.22. The van der Waals surface area contributed by atoms with Crippen LogP contribution in [0.3, 0.4) is 0 Å². The quantitative estimate of drug-likeness (QED) is 0.631. The standard InChI is InChI=1S/C23H31ClN4O2/c1-4-5-12-28-23(24)21(18(3)26-28)10-11-22(29)25-17(2)19-6-8-20(9-7-19)27-13-15-30-16-14-27/h6-11,17H,4-5,12-16H2,1-3H3,(H,25,29)/b11-10+. The number of carbonyl (C=O) groups excluding carboxylic acids is 1. The van der Waals surface area contributed by atoms with E-state index in [1.165, 1.54) is 11.8 Å². The van der Waals surface area contributed by atoms with Crippen LogP contribution in [0.4, 0.5) is 5.69 Å². The fourth-order valence-electron chi connectivity index (χ4n) is 3.51. The molecule has 1 aliphatic heterocycles. The van der Waals surface area contributed by atoms with E-state index in [0.717, 1.165) is 62.5 Å². The molecule has 30 heavy (non-hydrogen) atoms. The minimum Gasteiger partial charge on any atom is -0.378 e. The number of rotatable bonds is 8. The zero-order valence-electron chi connectivity index (χ0n) is 18.0. The lowest BCUT2D eigenvalue weighted by molar-refractivity contribution is -0.117. The Hall–Kier alpha value is -2.31.